The summed E-state index contributed by atoms with van der Waals surface area (Å²) in [5, 5.41) is 16.4. The molecule has 0 atom stereocenters. The molecule has 0 spiro atoms. The minimum absolute atomic E-state index is 0.429. The number of benzene rings is 2. The van der Waals surface area contributed by atoms with E-state index in [1.165, 1.54) is 0 Å². The van der Waals surface area contributed by atoms with E-state index >= 15 is 0 Å². The molecule has 148 valence electrons. The van der Waals surface area contributed by atoms with Gasteiger partial charge in [-0.2, -0.15) is 4.68 Å². The summed E-state index contributed by atoms with van der Waals surface area (Å²) in [5.74, 6) is 2.95. The molecule has 0 aliphatic heterocycles. The molecular weight excluding hydrogens is 390 g/mol. The monoisotopic (exact) mass is 409 g/mol. The Morgan fingerprint density at radius 1 is 1.21 bits per heavy atom. The average molecular weight is 410 g/mol. The van der Waals surface area contributed by atoms with Crippen molar-refractivity contribution in [3.05, 3.63) is 53.1 Å². The lowest BCUT2D eigenvalue weighted by Crippen LogP contribution is -2.08. The Morgan fingerprint density at radius 3 is 2.86 bits per heavy atom. The van der Waals surface area contributed by atoms with Gasteiger partial charge in [0.25, 0.3) is 0 Å². The Labute approximate surface area is 172 Å². The van der Waals surface area contributed by atoms with Gasteiger partial charge >= 0.3 is 0 Å². The van der Waals surface area contributed by atoms with Crippen LogP contribution in [0.4, 0.5) is 5.69 Å². The molecule has 0 unspecified atom stereocenters. The second kappa shape index (κ2) is 7.04. The maximum Gasteiger partial charge on any atom is 0.159 e. The summed E-state index contributed by atoms with van der Waals surface area (Å²) in [5.41, 5.74) is 3.68. The number of imidazole rings is 1. The first kappa shape index (κ1) is 17.9. The van der Waals surface area contributed by atoms with Crippen LogP contribution in [-0.2, 0) is 13.6 Å². The number of halogens is 1. The maximum atomic E-state index is 6.09. The summed E-state index contributed by atoms with van der Waals surface area (Å²) in [6.07, 6.45) is 2.24. The zero-order valence-electron chi connectivity index (χ0n) is 16.1. The number of ether oxygens (including phenoxy) is 1. The first-order valence-electron chi connectivity index (χ1n) is 9.45. The van der Waals surface area contributed by atoms with E-state index in [4.69, 9.17) is 21.3 Å². The highest BCUT2D eigenvalue weighted by Gasteiger charge is 2.30. The molecule has 2 aromatic carbocycles. The fourth-order valence-electron chi connectivity index (χ4n) is 3.49. The van der Waals surface area contributed by atoms with E-state index < -0.39 is 0 Å². The third-order valence-electron chi connectivity index (χ3n) is 5.23. The number of aromatic nitrogens is 6. The van der Waals surface area contributed by atoms with Crippen LogP contribution in [0.1, 0.15) is 30.4 Å². The summed E-state index contributed by atoms with van der Waals surface area (Å²) in [7, 11) is 3.65. The van der Waals surface area contributed by atoms with E-state index in [0.717, 1.165) is 52.6 Å². The summed E-state index contributed by atoms with van der Waals surface area (Å²) >= 11 is 6.09. The Hall–Kier alpha value is -3.13. The number of rotatable bonds is 6. The molecule has 0 saturated heterocycles. The van der Waals surface area contributed by atoms with Gasteiger partial charge in [-0.1, -0.05) is 11.6 Å². The maximum absolute atomic E-state index is 6.09. The van der Waals surface area contributed by atoms with E-state index in [9.17, 15) is 0 Å². The predicted octanol–water partition coefficient (Wildman–Crippen LogP) is 3.70. The van der Waals surface area contributed by atoms with Gasteiger partial charge in [-0.3, -0.25) is 0 Å². The van der Waals surface area contributed by atoms with Crippen molar-refractivity contribution in [1.82, 2.24) is 29.8 Å². The lowest BCUT2D eigenvalue weighted by molar-refractivity contribution is 0.411. The molecule has 5 rings (SSSR count). The molecule has 29 heavy (non-hydrogen) atoms. The summed E-state index contributed by atoms with van der Waals surface area (Å²) < 4.78 is 9.38. The number of fused-ring (bicyclic) bond motifs is 1. The van der Waals surface area contributed by atoms with Crippen LogP contribution >= 0.6 is 11.6 Å². The van der Waals surface area contributed by atoms with Gasteiger partial charge in [0.1, 0.15) is 17.3 Å². The number of nitrogens with zero attached hydrogens (tertiary/aromatic N) is 6. The molecule has 1 aliphatic carbocycles. The van der Waals surface area contributed by atoms with Crippen molar-refractivity contribution in [3.63, 3.8) is 0 Å². The molecule has 8 nitrogen and oxygen atoms in total. The van der Waals surface area contributed by atoms with Crippen molar-refractivity contribution in [3.8, 4) is 11.4 Å². The molecule has 1 saturated carbocycles. The highest BCUT2D eigenvalue weighted by molar-refractivity contribution is 6.31. The molecule has 0 amide bonds. The van der Waals surface area contributed by atoms with Crippen LogP contribution in [0.15, 0.2) is 36.4 Å². The van der Waals surface area contributed by atoms with E-state index in [1.807, 2.05) is 43.4 Å². The molecule has 9 heteroatoms. The number of nitrogens with one attached hydrogen (secondary N) is 1. The lowest BCUT2D eigenvalue weighted by atomic mass is 10.2. The topological polar surface area (TPSA) is 82.7 Å². The average Bonchev–Trinajstić information content (AvgIpc) is 3.37. The van der Waals surface area contributed by atoms with Gasteiger partial charge in [0.2, 0.25) is 0 Å². The Kier molecular flexibility index (Phi) is 4.35. The number of hydrogen-bond donors (Lipinski definition) is 1. The van der Waals surface area contributed by atoms with Crippen LogP contribution in [-0.4, -0.2) is 36.9 Å². The molecular formula is C20H20ClN7O. The van der Waals surface area contributed by atoms with Crippen molar-refractivity contribution < 1.29 is 4.74 Å². The molecule has 4 aromatic rings. The summed E-state index contributed by atoms with van der Waals surface area (Å²) in [6.45, 7) is 0.569. The molecule has 2 heterocycles. The number of hydrogen-bond acceptors (Lipinski definition) is 6. The number of methoxy groups -OCH3 is 1. The van der Waals surface area contributed by atoms with Crippen molar-refractivity contribution in [1.29, 1.82) is 0 Å². The molecule has 0 radical (unpaired) electrons. The van der Waals surface area contributed by atoms with Gasteiger partial charge in [-0.15, -0.1) is 5.10 Å². The fraction of sp³-hybridized carbons (Fsp3) is 0.300. The number of anilines is 1. The van der Waals surface area contributed by atoms with Gasteiger partial charge < -0.3 is 14.6 Å². The van der Waals surface area contributed by atoms with Crippen LogP contribution in [0.2, 0.25) is 5.02 Å². The first-order chi connectivity index (χ1) is 14.1. The van der Waals surface area contributed by atoms with Crippen LogP contribution in [0.3, 0.4) is 0 Å². The van der Waals surface area contributed by atoms with Gasteiger partial charge in [0.05, 0.1) is 24.7 Å². The summed E-state index contributed by atoms with van der Waals surface area (Å²) in [4.78, 5) is 4.69. The third kappa shape index (κ3) is 3.29. The lowest BCUT2D eigenvalue weighted by Gasteiger charge is -2.13. The van der Waals surface area contributed by atoms with Gasteiger partial charge in [0.15, 0.2) is 5.82 Å². The Morgan fingerprint density at radius 2 is 2.07 bits per heavy atom. The number of aryl methyl sites for hydroxylation is 1. The zero-order valence-corrected chi connectivity index (χ0v) is 16.9. The van der Waals surface area contributed by atoms with E-state index in [1.54, 1.807) is 11.8 Å². The SMILES string of the molecule is COc1ccc(NCc2nc3cc(Cl)ccc3n2C)cc1-n1nnnc1C1CC1. The van der Waals surface area contributed by atoms with Gasteiger partial charge in [-0.05, 0) is 59.7 Å². The minimum atomic E-state index is 0.429. The van der Waals surface area contributed by atoms with Gasteiger partial charge in [0, 0.05) is 23.7 Å². The second-order valence-electron chi connectivity index (χ2n) is 7.18. The zero-order chi connectivity index (χ0) is 20.0. The largest absolute Gasteiger partial charge is 0.494 e. The highest BCUT2D eigenvalue weighted by Crippen LogP contribution is 2.40. The molecule has 0 bridgehead atoms. The first-order valence-corrected chi connectivity index (χ1v) is 9.83. The quantitative estimate of drug-likeness (QED) is 0.522. The van der Waals surface area contributed by atoms with E-state index in [-0.39, 0.29) is 0 Å². The predicted molar refractivity (Wildman–Crippen MR) is 111 cm³/mol. The van der Waals surface area contributed by atoms with Crippen LogP contribution in [0.25, 0.3) is 16.7 Å². The van der Waals surface area contributed by atoms with Gasteiger partial charge in [-0.25, -0.2) is 4.98 Å². The minimum Gasteiger partial charge on any atom is -0.494 e. The standard InChI is InChI=1S/C20H20ClN7O/c1-27-16-7-5-13(21)9-15(16)23-19(27)11-22-14-6-8-18(29-2)17(10-14)28-20(12-3-4-12)24-25-26-28/h5-10,12,22H,3-4,11H2,1-2H3. The van der Waals surface area contributed by atoms with Crippen molar-refractivity contribution in [2.45, 2.75) is 25.3 Å². The van der Waals surface area contributed by atoms with Crippen LogP contribution in [0.5, 0.6) is 5.75 Å². The smallest absolute Gasteiger partial charge is 0.159 e. The molecule has 2 aromatic heterocycles. The molecule has 1 aliphatic rings. The summed E-state index contributed by atoms with van der Waals surface area (Å²) in [6, 6.07) is 11.6. The molecule has 1 N–H and O–H groups in total. The normalized spacial score (nSPS) is 13.8. The van der Waals surface area contributed by atoms with Crippen LogP contribution < -0.4 is 10.1 Å². The van der Waals surface area contributed by atoms with Crippen molar-refractivity contribution >= 4 is 28.3 Å². The second-order valence-corrected chi connectivity index (χ2v) is 7.62. The Bertz CT molecular complexity index is 1190. The van der Waals surface area contributed by atoms with Crippen LogP contribution in [0, 0.1) is 0 Å². The van der Waals surface area contributed by atoms with E-state index in [2.05, 4.69) is 25.4 Å². The number of tetrazole rings is 1. The van der Waals surface area contributed by atoms with E-state index in [0.29, 0.717) is 17.5 Å². The van der Waals surface area contributed by atoms with Crippen molar-refractivity contribution in [2.75, 3.05) is 12.4 Å². The fourth-order valence-corrected chi connectivity index (χ4v) is 3.66. The Balaban J connectivity index is 1.43. The highest BCUT2D eigenvalue weighted by atomic mass is 35.5. The third-order valence-corrected chi connectivity index (χ3v) is 5.46. The molecule has 1 fully saturated rings. The van der Waals surface area contributed by atoms with Crippen molar-refractivity contribution in [2.24, 2.45) is 7.05 Å².